The summed E-state index contributed by atoms with van der Waals surface area (Å²) in [5.74, 6) is 3.01. The molecule has 0 saturated carbocycles. The van der Waals surface area contributed by atoms with E-state index in [1.807, 2.05) is 6.92 Å². The molecule has 0 aromatic heterocycles. The van der Waals surface area contributed by atoms with Crippen molar-refractivity contribution in [2.45, 2.75) is 6.92 Å². The van der Waals surface area contributed by atoms with Crippen LogP contribution in [0.4, 0.5) is 5.69 Å². The Labute approximate surface area is 91.6 Å². The van der Waals surface area contributed by atoms with Gasteiger partial charge in [-0.1, -0.05) is 17.7 Å². The molecule has 0 atom stereocenters. The van der Waals surface area contributed by atoms with Crippen LogP contribution in [0.1, 0.15) is 5.56 Å². The zero-order valence-electron chi connectivity index (χ0n) is 8.00. The van der Waals surface area contributed by atoms with Crippen LogP contribution in [0.3, 0.4) is 0 Å². The Morgan fingerprint density at radius 3 is 2.53 bits per heavy atom. The molecule has 0 aliphatic heterocycles. The molecule has 0 heterocycles. The summed E-state index contributed by atoms with van der Waals surface area (Å²) in [4.78, 5) is 21.9. The first-order chi connectivity index (χ1) is 7.04. The van der Waals surface area contributed by atoms with Crippen molar-refractivity contribution in [2.75, 3.05) is 5.32 Å². The molecule has 0 aliphatic rings. The van der Waals surface area contributed by atoms with Crippen molar-refractivity contribution in [1.29, 1.82) is 0 Å². The van der Waals surface area contributed by atoms with Gasteiger partial charge in [-0.05, 0) is 24.6 Å². The first-order valence-electron chi connectivity index (χ1n) is 4.12. The van der Waals surface area contributed by atoms with E-state index in [9.17, 15) is 9.59 Å². The fourth-order valence-electron chi connectivity index (χ4n) is 0.966. The number of hydrogen-bond acceptors (Lipinski definition) is 3. The van der Waals surface area contributed by atoms with Crippen LogP contribution in [0.5, 0.6) is 0 Å². The maximum Gasteiger partial charge on any atom is 0.323 e. The number of halogens is 1. The van der Waals surface area contributed by atoms with Gasteiger partial charge in [0.15, 0.2) is 0 Å². The number of hydrogen-bond donors (Lipinski definition) is 3. The van der Waals surface area contributed by atoms with Crippen molar-refractivity contribution in [3.8, 4) is 0 Å². The largest absolute Gasteiger partial charge is 0.323 e. The second-order valence-corrected chi connectivity index (χ2v) is 3.32. The van der Waals surface area contributed by atoms with E-state index in [1.54, 1.807) is 23.6 Å². The fraction of sp³-hybridized carbons (Fsp3) is 0.111. The molecule has 1 aromatic rings. The van der Waals surface area contributed by atoms with Gasteiger partial charge in [-0.15, -0.1) is 0 Å². The van der Waals surface area contributed by atoms with Crippen molar-refractivity contribution in [1.82, 2.24) is 5.43 Å². The molecule has 0 unspecified atom stereocenters. The Hall–Kier alpha value is -1.59. The monoisotopic (exact) mass is 227 g/mol. The number of carbonyl (C=O) groups is 2. The highest BCUT2D eigenvalue weighted by molar-refractivity contribution is 6.41. The van der Waals surface area contributed by atoms with Gasteiger partial charge in [-0.2, -0.15) is 0 Å². The second kappa shape index (κ2) is 4.77. The molecular formula is C9H10ClN3O2. The third-order valence-corrected chi connectivity index (χ3v) is 2.02. The van der Waals surface area contributed by atoms with Crippen LogP contribution in [-0.2, 0) is 9.59 Å². The Bertz CT molecular complexity index is 406. The number of amides is 2. The number of aryl methyl sites for hydroxylation is 1. The molecule has 0 saturated heterocycles. The van der Waals surface area contributed by atoms with Crippen LogP contribution in [0.15, 0.2) is 18.2 Å². The van der Waals surface area contributed by atoms with E-state index < -0.39 is 11.8 Å². The van der Waals surface area contributed by atoms with Crippen molar-refractivity contribution in [3.63, 3.8) is 0 Å². The molecule has 1 aromatic carbocycles. The highest BCUT2D eigenvalue weighted by atomic mass is 35.5. The van der Waals surface area contributed by atoms with E-state index in [0.29, 0.717) is 10.7 Å². The van der Waals surface area contributed by atoms with E-state index in [4.69, 9.17) is 17.4 Å². The Kier molecular flexibility index (Phi) is 3.65. The van der Waals surface area contributed by atoms with Gasteiger partial charge in [0.1, 0.15) is 0 Å². The normalized spacial score (nSPS) is 9.53. The zero-order valence-corrected chi connectivity index (χ0v) is 8.76. The van der Waals surface area contributed by atoms with Gasteiger partial charge in [-0.25, -0.2) is 5.84 Å². The molecule has 0 radical (unpaired) electrons. The maximum atomic E-state index is 11.1. The number of hydrazine groups is 1. The van der Waals surface area contributed by atoms with Crippen molar-refractivity contribution in [3.05, 3.63) is 28.8 Å². The zero-order chi connectivity index (χ0) is 11.4. The summed E-state index contributed by atoms with van der Waals surface area (Å²) in [6.45, 7) is 1.87. The summed E-state index contributed by atoms with van der Waals surface area (Å²) in [5, 5.41) is 2.69. The minimum atomic E-state index is -0.924. The Balaban J connectivity index is 2.81. The summed E-state index contributed by atoms with van der Waals surface area (Å²) in [7, 11) is 0. The Morgan fingerprint density at radius 2 is 2.00 bits per heavy atom. The van der Waals surface area contributed by atoms with E-state index in [2.05, 4.69) is 5.32 Å². The van der Waals surface area contributed by atoms with E-state index in [0.717, 1.165) is 5.56 Å². The highest BCUT2D eigenvalue weighted by Gasteiger charge is 2.13. The lowest BCUT2D eigenvalue weighted by Crippen LogP contribution is -2.39. The summed E-state index contributed by atoms with van der Waals surface area (Å²) >= 11 is 5.84. The molecule has 80 valence electrons. The number of rotatable bonds is 1. The molecule has 0 bridgehead atoms. The van der Waals surface area contributed by atoms with E-state index in [1.165, 1.54) is 0 Å². The average molecular weight is 228 g/mol. The maximum absolute atomic E-state index is 11.1. The van der Waals surface area contributed by atoms with E-state index >= 15 is 0 Å². The van der Waals surface area contributed by atoms with Crippen molar-refractivity contribution in [2.24, 2.45) is 5.84 Å². The van der Waals surface area contributed by atoms with Crippen LogP contribution < -0.4 is 16.6 Å². The standard InChI is InChI=1S/C9H10ClN3O2/c1-5-2-3-7(6(10)4-5)12-8(14)9(15)13-11/h2-4H,11H2,1H3,(H,12,14)(H,13,15). The molecule has 4 N–H and O–H groups in total. The van der Waals surface area contributed by atoms with Crippen LogP contribution in [0, 0.1) is 6.92 Å². The van der Waals surface area contributed by atoms with Crippen molar-refractivity contribution >= 4 is 29.1 Å². The third-order valence-electron chi connectivity index (χ3n) is 1.71. The summed E-state index contributed by atoms with van der Waals surface area (Å²) < 4.78 is 0. The molecule has 2 amide bonds. The number of nitrogens with two attached hydrogens (primary N) is 1. The van der Waals surface area contributed by atoms with Crippen LogP contribution in [-0.4, -0.2) is 11.8 Å². The second-order valence-electron chi connectivity index (χ2n) is 2.91. The number of anilines is 1. The van der Waals surface area contributed by atoms with Crippen LogP contribution in [0.25, 0.3) is 0 Å². The topological polar surface area (TPSA) is 84.2 Å². The highest BCUT2D eigenvalue weighted by Crippen LogP contribution is 2.22. The SMILES string of the molecule is Cc1ccc(NC(=O)C(=O)NN)c(Cl)c1. The number of carbonyl (C=O) groups excluding carboxylic acids is 2. The first kappa shape index (κ1) is 11.5. The van der Waals surface area contributed by atoms with Gasteiger partial charge in [0.05, 0.1) is 10.7 Å². The molecule has 5 nitrogen and oxygen atoms in total. The smallest absolute Gasteiger partial charge is 0.316 e. The minimum absolute atomic E-state index is 0.369. The molecule has 0 aliphatic carbocycles. The van der Waals surface area contributed by atoms with Gasteiger partial charge in [0.25, 0.3) is 0 Å². The average Bonchev–Trinajstić information content (AvgIpc) is 2.20. The van der Waals surface area contributed by atoms with Gasteiger partial charge >= 0.3 is 11.8 Å². The predicted octanol–water partition coefficient (Wildman–Crippen LogP) is 0.577. The van der Waals surface area contributed by atoms with Crippen molar-refractivity contribution < 1.29 is 9.59 Å². The summed E-state index contributed by atoms with van der Waals surface area (Å²) in [6, 6.07) is 5.05. The molecule has 15 heavy (non-hydrogen) atoms. The van der Waals surface area contributed by atoms with Crippen LogP contribution >= 0.6 is 11.6 Å². The predicted molar refractivity (Wildman–Crippen MR) is 57.1 cm³/mol. The van der Waals surface area contributed by atoms with Crippen LogP contribution in [0.2, 0.25) is 5.02 Å². The molecule has 1 rings (SSSR count). The molecule has 0 spiro atoms. The third kappa shape index (κ3) is 2.93. The molecule has 0 fully saturated rings. The van der Waals surface area contributed by atoms with Gasteiger partial charge in [0, 0.05) is 0 Å². The summed E-state index contributed by atoms with van der Waals surface area (Å²) in [5.41, 5.74) is 3.05. The quantitative estimate of drug-likeness (QED) is 0.284. The van der Waals surface area contributed by atoms with E-state index in [-0.39, 0.29) is 0 Å². The number of benzene rings is 1. The van der Waals surface area contributed by atoms with Gasteiger partial charge < -0.3 is 5.32 Å². The van der Waals surface area contributed by atoms with Gasteiger partial charge in [0.2, 0.25) is 0 Å². The molecule has 6 heteroatoms. The summed E-state index contributed by atoms with van der Waals surface area (Å²) in [6.07, 6.45) is 0. The lowest BCUT2D eigenvalue weighted by Gasteiger charge is -2.06. The lowest BCUT2D eigenvalue weighted by atomic mass is 10.2. The lowest BCUT2D eigenvalue weighted by molar-refractivity contribution is -0.136. The first-order valence-corrected chi connectivity index (χ1v) is 4.50. The molecular weight excluding hydrogens is 218 g/mol. The number of nitrogens with one attached hydrogen (secondary N) is 2. The Morgan fingerprint density at radius 1 is 1.33 bits per heavy atom. The minimum Gasteiger partial charge on any atom is -0.316 e. The fourth-order valence-corrected chi connectivity index (χ4v) is 1.25. The van der Waals surface area contributed by atoms with Gasteiger partial charge in [-0.3, -0.25) is 15.0 Å².